The number of carbonyl (C=O) groups is 1. The normalized spacial score (nSPS) is 11.7. The minimum Gasteiger partial charge on any atom is -0.463 e. The molecule has 14 nitrogen and oxygen atoms in total. The second-order valence-electron chi connectivity index (χ2n) is 8.94. The standard InChI is InChI=1S/C29H50O14S/c1-27-3-5-29(6-4-27)44(31,32)43-26-24-41-22-20-39-18-16-37-14-12-35-10-8-33-7-9-34-11-13-36-15-17-38-19-21-40-23-25-42-28(2)30/h3-6H,7-26H2,1-2H3. The molecule has 44 heavy (non-hydrogen) atoms. The van der Waals surface area contributed by atoms with E-state index >= 15 is 0 Å². The lowest BCUT2D eigenvalue weighted by molar-refractivity contribution is -0.142. The highest BCUT2D eigenvalue weighted by molar-refractivity contribution is 7.86. The van der Waals surface area contributed by atoms with Crippen LogP contribution in [0.2, 0.25) is 0 Å². The van der Waals surface area contributed by atoms with Crippen molar-refractivity contribution in [2.75, 3.05) is 132 Å². The first kappa shape index (κ1) is 40.3. The van der Waals surface area contributed by atoms with Crippen LogP contribution in [-0.2, 0) is 66.5 Å². The molecular weight excluding hydrogens is 604 g/mol. The summed E-state index contributed by atoms with van der Waals surface area (Å²) in [7, 11) is -3.77. The van der Waals surface area contributed by atoms with Gasteiger partial charge in [-0.15, -0.1) is 0 Å². The van der Waals surface area contributed by atoms with E-state index in [1.165, 1.54) is 19.1 Å². The molecule has 256 valence electrons. The monoisotopic (exact) mass is 654 g/mol. The molecule has 0 aliphatic carbocycles. The fourth-order valence-electron chi connectivity index (χ4n) is 3.08. The number of hydrogen-bond acceptors (Lipinski definition) is 14. The van der Waals surface area contributed by atoms with Crippen molar-refractivity contribution >= 4 is 16.1 Å². The smallest absolute Gasteiger partial charge is 0.302 e. The number of hydrogen-bond donors (Lipinski definition) is 0. The molecule has 0 spiro atoms. The molecule has 0 unspecified atom stereocenters. The molecule has 0 N–H and O–H groups in total. The van der Waals surface area contributed by atoms with E-state index in [-0.39, 0.29) is 30.7 Å². The molecule has 0 saturated carbocycles. The van der Waals surface area contributed by atoms with Crippen molar-refractivity contribution < 1.29 is 64.8 Å². The van der Waals surface area contributed by atoms with Crippen molar-refractivity contribution in [1.82, 2.24) is 0 Å². The summed E-state index contributed by atoms with van der Waals surface area (Å²) >= 11 is 0. The molecule has 15 heteroatoms. The minimum atomic E-state index is -3.77. The summed E-state index contributed by atoms with van der Waals surface area (Å²) in [6, 6.07) is 6.47. The summed E-state index contributed by atoms with van der Waals surface area (Å²) in [5, 5.41) is 0. The first-order chi connectivity index (χ1) is 21.4. The number of aryl methyl sites for hydroxylation is 1. The molecule has 0 atom stereocenters. The fraction of sp³-hybridized carbons (Fsp3) is 0.759. The summed E-state index contributed by atoms with van der Waals surface area (Å²) < 4.78 is 82.3. The highest BCUT2D eigenvalue weighted by atomic mass is 32.2. The molecule has 0 bridgehead atoms. The zero-order valence-electron chi connectivity index (χ0n) is 26.1. The lowest BCUT2D eigenvalue weighted by Crippen LogP contribution is -2.16. The Hall–Kier alpha value is -1.76. The number of esters is 1. The molecule has 0 aromatic heterocycles. The summed E-state index contributed by atoms with van der Waals surface area (Å²) in [6.45, 7) is 11.0. The number of benzene rings is 1. The Labute approximate surface area is 261 Å². The summed E-state index contributed by atoms with van der Waals surface area (Å²) in [4.78, 5) is 10.7. The van der Waals surface area contributed by atoms with Gasteiger partial charge in [0.2, 0.25) is 0 Å². The summed E-state index contributed by atoms with van der Waals surface area (Å²) in [6.07, 6.45) is 0. The molecule has 0 fully saturated rings. The molecule has 0 heterocycles. The molecule has 0 aliphatic rings. The van der Waals surface area contributed by atoms with Crippen LogP contribution in [0.1, 0.15) is 12.5 Å². The van der Waals surface area contributed by atoms with Gasteiger partial charge < -0.3 is 47.4 Å². The number of ether oxygens (including phenoxy) is 10. The molecule has 0 saturated heterocycles. The number of rotatable bonds is 32. The fourth-order valence-corrected chi connectivity index (χ4v) is 3.97. The SMILES string of the molecule is CC(=O)OCCOCCOCCOCCOCCOCCOCCOCCOCCOCCOS(=O)(=O)c1ccc(C)cc1. The average molecular weight is 655 g/mol. The maximum absolute atomic E-state index is 12.1. The Morgan fingerprint density at radius 3 is 1.05 bits per heavy atom. The van der Waals surface area contributed by atoms with Gasteiger partial charge in [-0.1, -0.05) is 17.7 Å². The van der Waals surface area contributed by atoms with Gasteiger partial charge >= 0.3 is 5.97 Å². The van der Waals surface area contributed by atoms with E-state index in [0.717, 1.165) is 5.56 Å². The predicted molar refractivity (Wildman–Crippen MR) is 158 cm³/mol. The van der Waals surface area contributed by atoms with Gasteiger partial charge in [0.1, 0.15) is 6.61 Å². The van der Waals surface area contributed by atoms with Crippen LogP contribution in [0.25, 0.3) is 0 Å². The molecule has 0 amide bonds. The third-order valence-electron chi connectivity index (χ3n) is 5.28. The molecule has 1 aromatic rings. The maximum atomic E-state index is 12.1. The van der Waals surface area contributed by atoms with Crippen LogP contribution in [0.4, 0.5) is 0 Å². The van der Waals surface area contributed by atoms with E-state index in [9.17, 15) is 13.2 Å². The first-order valence-electron chi connectivity index (χ1n) is 14.7. The van der Waals surface area contributed by atoms with Crippen molar-refractivity contribution in [3.05, 3.63) is 29.8 Å². The molecule has 1 rings (SSSR count). The largest absolute Gasteiger partial charge is 0.463 e. The van der Waals surface area contributed by atoms with Crippen molar-refractivity contribution in [2.24, 2.45) is 0 Å². The lowest BCUT2D eigenvalue weighted by Gasteiger charge is -2.09. The Bertz CT molecular complexity index is 898. The van der Waals surface area contributed by atoms with Crippen molar-refractivity contribution in [1.29, 1.82) is 0 Å². The predicted octanol–water partition coefficient (Wildman–Crippen LogP) is 1.41. The Kier molecular flexibility index (Phi) is 26.3. The summed E-state index contributed by atoms with van der Waals surface area (Å²) in [5.41, 5.74) is 0.972. The van der Waals surface area contributed by atoms with Gasteiger partial charge in [0.25, 0.3) is 10.1 Å². The van der Waals surface area contributed by atoms with E-state index in [2.05, 4.69) is 0 Å². The van der Waals surface area contributed by atoms with Crippen LogP contribution in [0.3, 0.4) is 0 Å². The van der Waals surface area contributed by atoms with E-state index in [4.69, 9.17) is 51.6 Å². The van der Waals surface area contributed by atoms with Crippen LogP contribution in [-0.4, -0.2) is 147 Å². The Balaban J connectivity index is 1.70. The zero-order valence-corrected chi connectivity index (χ0v) is 26.9. The summed E-state index contributed by atoms with van der Waals surface area (Å²) in [5.74, 6) is -0.318. The van der Waals surface area contributed by atoms with Gasteiger partial charge in [-0.3, -0.25) is 8.98 Å². The molecular formula is C29H50O14S. The van der Waals surface area contributed by atoms with Crippen LogP contribution in [0.15, 0.2) is 29.2 Å². The highest BCUT2D eigenvalue weighted by Gasteiger charge is 2.14. The molecule has 1 aromatic carbocycles. The Morgan fingerprint density at radius 2 is 0.750 bits per heavy atom. The van der Waals surface area contributed by atoms with E-state index < -0.39 is 10.1 Å². The van der Waals surface area contributed by atoms with E-state index in [1.807, 2.05) is 6.92 Å². The van der Waals surface area contributed by atoms with Gasteiger partial charge in [-0.2, -0.15) is 8.42 Å². The van der Waals surface area contributed by atoms with Crippen molar-refractivity contribution in [3.63, 3.8) is 0 Å². The maximum Gasteiger partial charge on any atom is 0.302 e. The topological polar surface area (TPSA) is 153 Å². The van der Waals surface area contributed by atoms with Crippen LogP contribution >= 0.6 is 0 Å². The van der Waals surface area contributed by atoms with Crippen LogP contribution in [0, 0.1) is 6.92 Å². The number of carbonyl (C=O) groups excluding carboxylic acids is 1. The van der Waals surface area contributed by atoms with Gasteiger partial charge in [0.05, 0.1) is 130 Å². The van der Waals surface area contributed by atoms with E-state index in [0.29, 0.717) is 112 Å². The third-order valence-corrected chi connectivity index (χ3v) is 6.61. The second-order valence-corrected chi connectivity index (χ2v) is 10.6. The van der Waals surface area contributed by atoms with Crippen molar-refractivity contribution in [2.45, 2.75) is 18.7 Å². The van der Waals surface area contributed by atoms with Gasteiger partial charge in [0, 0.05) is 6.92 Å². The van der Waals surface area contributed by atoms with Gasteiger partial charge in [-0.05, 0) is 19.1 Å². The van der Waals surface area contributed by atoms with E-state index in [1.54, 1.807) is 12.1 Å². The molecule has 0 aliphatic heterocycles. The van der Waals surface area contributed by atoms with Crippen LogP contribution in [0.5, 0.6) is 0 Å². The van der Waals surface area contributed by atoms with Crippen molar-refractivity contribution in [3.8, 4) is 0 Å². The average Bonchev–Trinajstić information content (AvgIpc) is 3.00. The minimum absolute atomic E-state index is 0.0625. The van der Waals surface area contributed by atoms with Crippen LogP contribution < -0.4 is 0 Å². The van der Waals surface area contributed by atoms with Gasteiger partial charge in [-0.25, -0.2) is 0 Å². The highest BCUT2D eigenvalue weighted by Crippen LogP contribution is 2.12. The zero-order chi connectivity index (χ0) is 32.0. The second kappa shape index (κ2) is 28.7. The lowest BCUT2D eigenvalue weighted by atomic mass is 10.2. The quantitative estimate of drug-likeness (QED) is 0.0625. The van der Waals surface area contributed by atoms with Gasteiger partial charge in [0.15, 0.2) is 0 Å². The Morgan fingerprint density at radius 1 is 0.477 bits per heavy atom. The first-order valence-corrected chi connectivity index (χ1v) is 16.1. The third kappa shape index (κ3) is 25.6. The molecule has 0 radical (unpaired) electrons.